The van der Waals surface area contributed by atoms with Gasteiger partial charge in [0.1, 0.15) is 0 Å². The molecule has 0 aromatic rings. The summed E-state index contributed by atoms with van der Waals surface area (Å²) < 4.78 is 6.31. The van der Waals surface area contributed by atoms with Gasteiger partial charge in [-0.3, -0.25) is 0 Å². The number of hydrogen-bond acceptors (Lipinski definition) is 3. The molecule has 0 aromatic carbocycles. The molecule has 0 bridgehead atoms. The lowest BCUT2D eigenvalue weighted by Gasteiger charge is -2.52. The van der Waals surface area contributed by atoms with Gasteiger partial charge in [-0.15, -0.1) is 0 Å². The third kappa shape index (κ3) is 2.95. The molecular weight excluding hydrogens is 300 g/mol. The zero-order chi connectivity index (χ0) is 13.4. The van der Waals surface area contributed by atoms with Gasteiger partial charge < -0.3 is 14.6 Å². The van der Waals surface area contributed by atoms with Crippen molar-refractivity contribution < 1.29 is 14.6 Å². The van der Waals surface area contributed by atoms with Crippen LogP contribution >= 0.6 is 15.9 Å². The van der Waals surface area contributed by atoms with Gasteiger partial charge in [-0.1, -0.05) is 36.7 Å². The molecule has 0 unspecified atom stereocenters. The Morgan fingerprint density at radius 3 is 1.94 bits per heavy atom. The average Bonchev–Trinajstić information content (AvgIpc) is 2.20. The van der Waals surface area contributed by atoms with E-state index in [0.717, 1.165) is 0 Å². The Balaban J connectivity index is 2.70. The molecule has 0 radical (unpaired) electrons. The first-order valence-electron chi connectivity index (χ1n) is 6.19. The van der Waals surface area contributed by atoms with E-state index in [4.69, 9.17) is 4.43 Å². The Morgan fingerprint density at radius 1 is 1.12 bits per heavy atom. The van der Waals surface area contributed by atoms with Crippen LogP contribution in [0.4, 0.5) is 0 Å². The second-order valence-electron chi connectivity index (χ2n) is 6.48. The van der Waals surface area contributed by atoms with Crippen molar-refractivity contribution in [3.63, 3.8) is 0 Å². The predicted octanol–water partition coefficient (Wildman–Crippen LogP) is 2.37. The zero-order valence-corrected chi connectivity index (χ0v) is 14.0. The second kappa shape index (κ2) is 5.29. The van der Waals surface area contributed by atoms with E-state index >= 15 is 0 Å². The predicted molar refractivity (Wildman–Crippen MR) is 75.9 cm³/mol. The molecule has 2 N–H and O–H groups in total. The van der Waals surface area contributed by atoms with Crippen molar-refractivity contribution in [2.75, 3.05) is 13.2 Å². The first-order chi connectivity index (χ1) is 7.65. The zero-order valence-electron chi connectivity index (χ0n) is 11.4. The minimum absolute atomic E-state index is 0.0399. The van der Waals surface area contributed by atoms with Gasteiger partial charge in [-0.05, 0) is 18.1 Å². The Bertz CT molecular complexity index is 265. The van der Waals surface area contributed by atoms with E-state index < -0.39 is 8.32 Å². The number of aliphatic hydroxyl groups excluding tert-OH is 2. The lowest BCUT2D eigenvalue weighted by Crippen LogP contribution is -2.61. The fourth-order valence-corrected chi connectivity index (χ4v) is 4.57. The van der Waals surface area contributed by atoms with Gasteiger partial charge in [0, 0.05) is 29.9 Å². The minimum Gasteiger partial charge on any atom is -0.412 e. The van der Waals surface area contributed by atoms with E-state index in [1.54, 1.807) is 0 Å². The van der Waals surface area contributed by atoms with Crippen LogP contribution in [-0.4, -0.2) is 42.7 Å². The maximum atomic E-state index is 9.38. The largest absolute Gasteiger partial charge is 0.412 e. The molecule has 5 heteroatoms. The van der Waals surface area contributed by atoms with Crippen LogP contribution in [0.15, 0.2) is 0 Å². The highest BCUT2D eigenvalue weighted by molar-refractivity contribution is 9.09. The van der Waals surface area contributed by atoms with Crippen molar-refractivity contribution in [2.45, 2.75) is 49.8 Å². The highest BCUT2D eigenvalue weighted by Gasteiger charge is 2.52. The topological polar surface area (TPSA) is 49.7 Å². The van der Waals surface area contributed by atoms with E-state index in [2.05, 4.69) is 49.8 Å². The van der Waals surface area contributed by atoms with Crippen LogP contribution in [0.2, 0.25) is 18.1 Å². The molecule has 1 aliphatic rings. The van der Waals surface area contributed by atoms with E-state index in [9.17, 15) is 10.2 Å². The van der Waals surface area contributed by atoms with Crippen molar-refractivity contribution in [1.29, 1.82) is 0 Å². The molecule has 0 spiro atoms. The molecule has 102 valence electrons. The molecule has 0 aliphatic heterocycles. The molecular formula is C12H25BrO3Si. The van der Waals surface area contributed by atoms with Crippen LogP contribution < -0.4 is 0 Å². The Labute approximate surface area is 114 Å². The van der Waals surface area contributed by atoms with Crippen LogP contribution in [-0.2, 0) is 4.43 Å². The first kappa shape index (κ1) is 15.6. The van der Waals surface area contributed by atoms with Crippen LogP contribution in [0.25, 0.3) is 0 Å². The Morgan fingerprint density at radius 2 is 1.59 bits per heavy atom. The normalized spacial score (nSPS) is 34.6. The van der Waals surface area contributed by atoms with Crippen LogP contribution in [0, 0.1) is 11.8 Å². The molecule has 0 aromatic heterocycles. The summed E-state index contributed by atoms with van der Waals surface area (Å²) in [4.78, 5) is 0.166. The molecule has 1 saturated carbocycles. The van der Waals surface area contributed by atoms with Crippen LogP contribution in [0.5, 0.6) is 0 Å². The first-order valence-corrected chi connectivity index (χ1v) is 10.0. The van der Waals surface area contributed by atoms with Crippen LogP contribution in [0.3, 0.4) is 0 Å². The molecule has 4 atom stereocenters. The summed E-state index contributed by atoms with van der Waals surface area (Å²) in [7, 11) is -1.80. The second-order valence-corrected chi connectivity index (χ2v) is 12.3. The summed E-state index contributed by atoms with van der Waals surface area (Å²) in [5.74, 6) is 0.188. The van der Waals surface area contributed by atoms with Crippen LogP contribution in [0.1, 0.15) is 20.8 Å². The van der Waals surface area contributed by atoms with Gasteiger partial charge >= 0.3 is 0 Å². The molecule has 17 heavy (non-hydrogen) atoms. The van der Waals surface area contributed by atoms with Gasteiger partial charge in [0.05, 0.1) is 6.10 Å². The van der Waals surface area contributed by atoms with Crippen molar-refractivity contribution in [1.82, 2.24) is 0 Å². The number of aliphatic hydroxyl groups is 2. The molecule has 1 aliphatic carbocycles. The van der Waals surface area contributed by atoms with Crippen molar-refractivity contribution in [3.05, 3.63) is 0 Å². The maximum Gasteiger partial charge on any atom is 0.192 e. The van der Waals surface area contributed by atoms with Gasteiger partial charge in [0.2, 0.25) is 0 Å². The van der Waals surface area contributed by atoms with Crippen molar-refractivity contribution in [3.8, 4) is 0 Å². The summed E-state index contributed by atoms with van der Waals surface area (Å²) in [6, 6.07) is 0. The standard InChI is InChI=1S/C12H25BrO3Si/c1-12(2,3)17(4,5)16-11-9(7-15)8(6-14)10(11)13/h8-11,14-15H,6-7H2,1-5H3/t8-,9+,10-,11-/m0/s1. The summed E-state index contributed by atoms with van der Waals surface area (Å²) in [6.07, 6.45) is 0.0399. The lowest BCUT2D eigenvalue weighted by molar-refractivity contribution is -0.0598. The third-order valence-electron chi connectivity index (χ3n) is 4.35. The van der Waals surface area contributed by atoms with Crippen molar-refractivity contribution >= 4 is 24.2 Å². The smallest absolute Gasteiger partial charge is 0.192 e. The minimum atomic E-state index is -1.80. The monoisotopic (exact) mass is 324 g/mol. The Hall–Kier alpha value is 0.577. The quantitative estimate of drug-likeness (QED) is 0.616. The fourth-order valence-electron chi connectivity index (χ4n) is 1.96. The highest BCUT2D eigenvalue weighted by Crippen LogP contribution is 2.46. The van der Waals surface area contributed by atoms with Gasteiger partial charge in [-0.25, -0.2) is 0 Å². The van der Waals surface area contributed by atoms with E-state index in [1.807, 2.05) is 0 Å². The SMILES string of the molecule is CC(C)(C)[Si](C)(C)O[C@@H]1[C@@H](Br)[C@@H](CO)[C@H]1CO. The molecule has 0 amide bonds. The number of hydrogen-bond donors (Lipinski definition) is 2. The fraction of sp³-hybridized carbons (Fsp3) is 1.00. The maximum absolute atomic E-state index is 9.38. The summed E-state index contributed by atoms with van der Waals surface area (Å²) in [5, 5.41) is 18.8. The number of alkyl halides is 1. The highest BCUT2D eigenvalue weighted by atomic mass is 79.9. The summed E-state index contributed by atoms with van der Waals surface area (Å²) in [5.41, 5.74) is 0. The number of rotatable bonds is 4. The van der Waals surface area contributed by atoms with E-state index in [1.165, 1.54) is 0 Å². The number of halogens is 1. The third-order valence-corrected chi connectivity index (χ3v) is 10.0. The van der Waals surface area contributed by atoms with Gasteiger partial charge in [-0.2, -0.15) is 0 Å². The summed E-state index contributed by atoms with van der Waals surface area (Å²) >= 11 is 3.58. The Kier molecular flexibility index (Phi) is 4.86. The van der Waals surface area contributed by atoms with Crippen molar-refractivity contribution in [2.24, 2.45) is 11.8 Å². The molecule has 3 nitrogen and oxygen atoms in total. The molecule has 0 saturated heterocycles. The molecule has 1 rings (SSSR count). The van der Waals surface area contributed by atoms with E-state index in [-0.39, 0.29) is 41.0 Å². The average molecular weight is 325 g/mol. The molecule has 1 fully saturated rings. The lowest BCUT2D eigenvalue weighted by atomic mass is 9.72. The van der Waals surface area contributed by atoms with Gasteiger partial charge in [0.15, 0.2) is 8.32 Å². The van der Waals surface area contributed by atoms with Gasteiger partial charge in [0.25, 0.3) is 0 Å². The summed E-state index contributed by atoms with van der Waals surface area (Å²) in [6.45, 7) is 11.3. The van der Waals surface area contributed by atoms with E-state index in [0.29, 0.717) is 0 Å². The molecule has 0 heterocycles.